The standard InChI is InChI=1S/C23H35N3O7/c1-7-15(2)26(21(30)17(14-27)25-22(31)33-23(3,4)5)19(16-11-9-8-10-12-16)20(29)24-13-18(28)32-6/h8-12,15,17,19,27H,7,13-14H2,1-6H3,(H,24,29)(H,25,31). The van der Waals surface area contributed by atoms with Crippen LogP contribution in [0, 0.1) is 0 Å². The van der Waals surface area contributed by atoms with Gasteiger partial charge in [-0.1, -0.05) is 37.3 Å². The van der Waals surface area contributed by atoms with Crippen LogP contribution < -0.4 is 10.6 Å². The second-order valence-electron chi connectivity index (χ2n) is 8.49. The molecule has 10 nitrogen and oxygen atoms in total. The number of carbonyl (C=O) groups excluding carboxylic acids is 4. The number of rotatable bonds is 10. The third kappa shape index (κ3) is 8.72. The van der Waals surface area contributed by atoms with Gasteiger partial charge < -0.3 is 30.1 Å². The highest BCUT2D eigenvalue weighted by Gasteiger charge is 2.38. The van der Waals surface area contributed by atoms with Gasteiger partial charge in [-0.25, -0.2) is 4.79 Å². The van der Waals surface area contributed by atoms with E-state index in [-0.39, 0.29) is 6.54 Å². The van der Waals surface area contributed by atoms with Gasteiger partial charge in [0, 0.05) is 6.04 Å². The zero-order valence-electron chi connectivity index (χ0n) is 20.1. The Balaban J connectivity index is 3.33. The number of aliphatic hydroxyl groups is 1. The molecule has 0 heterocycles. The van der Waals surface area contributed by atoms with Crippen molar-refractivity contribution >= 4 is 23.9 Å². The lowest BCUT2D eigenvalue weighted by molar-refractivity contribution is -0.147. The summed E-state index contributed by atoms with van der Waals surface area (Å²) < 4.78 is 9.77. The highest BCUT2D eigenvalue weighted by atomic mass is 16.6. The predicted molar refractivity (Wildman–Crippen MR) is 121 cm³/mol. The number of methoxy groups -OCH3 is 1. The maximum Gasteiger partial charge on any atom is 0.408 e. The van der Waals surface area contributed by atoms with Crippen molar-refractivity contribution in [2.24, 2.45) is 0 Å². The monoisotopic (exact) mass is 465 g/mol. The van der Waals surface area contributed by atoms with Crippen molar-refractivity contribution in [2.45, 2.75) is 64.8 Å². The fourth-order valence-corrected chi connectivity index (χ4v) is 3.01. The van der Waals surface area contributed by atoms with E-state index in [1.165, 1.54) is 12.0 Å². The quantitative estimate of drug-likeness (QED) is 0.446. The average molecular weight is 466 g/mol. The molecule has 0 aliphatic rings. The van der Waals surface area contributed by atoms with E-state index in [4.69, 9.17) is 4.74 Å². The summed E-state index contributed by atoms with van der Waals surface area (Å²) >= 11 is 0. The summed E-state index contributed by atoms with van der Waals surface area (Å²) in [5, 5.41) is 14.7. The van der Waals surface area contributed by atoms with Gasteiger partial charge in [0.05, 0.1) is 13.7 Å². The summed E-state index contributed by atoms with van der Waals surface area (Å²) in [6, 6.07) is 5.67. The third-order valence-electron chi connectivity index (χ3n) is 4.77. The number of nitrogens with one attached hydrogen (secondary N) is 2. The first-order chi connectivity index (χ1) is 15.4. The van der Waals surface area contributed by atoms with E-state index < -0.39 is 54.2 Å². The lowest BCUT2D eigenvalue weighted by Gasteiger charge is -2.37. The fraction of sp³-hybridized carbons (Fsp3) is 0.565. The maximum atomic E-state index is 13.5. The van der Waals surface area contributed by atoms with Crippen molar-refractivity contribution in [2.75, 3.05) is 20.3 Å². The molecule has 0 fully saturated rings. The molecule has 0 saturated carbocycles. The minimum atomic E-state index is -1.34. The van der Waals surface area contributed by atoms with E-state index in [1.54, 1.807) is 58.0 Å². The topological polar surface area (TPSA) is 134 Å². The molecule has 0 spiro atoms. The first kappa shape index (κ1) is 27.9. The Labute approximate surface area is 194 Å². The minimum Gasteiger partial charge on any atom is -0.468 e. The molecular formula is C23H35N3O7. The highest BCUT2D eigenvalue weighted by Crippen LogP contribution is 2.26. The van der Waals surface area contributed by atoms with Crippen LogP contribution in [0.4, 0.5) is 4.79 Å². The van der Waals surface area contributed by atoms with Crippen LogP contribution in [0.5, 0.6) is 0 Å². The van der Waals surface area contributed by atoms with Crippen LogP contribution in [0.25, 0.3) is 0 Å². The first-order valence-corrected chi connectivity index (χ1v) is 10.8. The Bertz CT molecular complexity index is 808. The lowest BCUT2D eigenvalue weighted by Crippen LogP contribution is -2.56. The zero-order chi connectivity index (χ0) is 25.2. The molecule has 0 aliphatic heterocycles. The van der Waals surface area contributed by atoms with Crippen molar-refractivity contribution in [1.82, 2.24) is 15.5 Å². The molecule has 33 heavy (non-hydrogen) atoms. The summed E-state index contributed by atoms with van der Waals surface area (Å²) in [6.07, 6.45) is -0.380. The number of alkyl carbamates (subject to hydrolysis) is 1. The summed E-state index contributed by atoms with van der Waals surface area (Å²) in [6.45, 7) is 7.54. The van der Waals surface area contributed by atoms with E-state index in [2.05, 4.69) is 15.4 Å². The first-order valence-electron chi connectivity index (χ1n) is 10.8. The van der Waals surface area contributed by atoms with E-state index in [0.29, 0.717) is 12.0 Å². The molecule has 0 aliphatic carbocycles. The largest absolute Gasteiger partial charge is 0.468 e. The Morgan fingerprint density at radius 2 is 1.73 bits per heavy atom. The van der Waals surface area contributed by atoms with Crippen LogP contribution in [0.2, 0.25) is 0 Å². The second kappa shape index (κ2) is 12.8. The van der Waals surface area contributed by atoms with Gasteiger partial charge in [-0.2, -0.15) is 0 Å². The van der Waals surface area contributed by atoms with Gasteiger partial charge in [-0.15, -0.1) is 0 Å². The van der Waals surface area contributed by atoms with Gasteiger partial charge >= 0.3 is 12.1 Å². The molecular weight excluding hydrogens is 430 g/mol. The Kier molecular flexibility index (Phi) is 10.8. The van der Waals surface area contributed by atoms with Crippen LogP contribution in [-0.2, 0) is 23.9 Å². The van der Waals surface area contributed by atoms with Crippen molar-refractivity contribution in [1.29, 1.82) is 0 Å². The highest BCUT2D eigenvalue weighted by molar-refractivity contribution is 5.93. The average Bonchev–Trinajstić information content (AvgIpc) is 2.77. The van der Waals surface area contributed by atoms with Crippen LogP contribution in [0.1, 0.15) is 52.6 Å². The SMILES string of the molecule is CCC(C)N(C(=O)C(CO)NC(=O)OC(C)(C)C)C(C(=O)NCC(=O)OC)c1ccccc1. The Morgan fingerprint density at radius 3 is 2.21 bits per heavy atom. The van der Waals surface area contributed by atoms with Gasteiger partial charge in [-0.05, 0) is 39.7 Å². The minimum absolute atomic E-state index is 0.374. The summed E-state index contributed by atoms with van der Waals surface area (Å²) in [7, 11) is 1.20. The number of ether oxygens (including phenoxy) is 2. The molecule has 3 atom stereocenters. The number of amides is 3. The van der Waals surface area contributed by atoms with Gasteiger partial charge in [0.15, 0.2) is 0 Å². The van der Waals surface area contributed by atoms with Crippen LogP contribution in [0.3, 0.4) is 0 Å². The molecule has 0 saturated heterocycles. The smallest absolute Gasteiger partial charge is 0.408 e. The fourth-order valence-electron chi connectivity index (χ4n) is 3.01. The number of nitrogens with zero attached hydrogens (tertiary/aromatic N) is 1. The summed E-state index contributed by atoms with van der Waals surface area (Å²) in [4.78, 5) is 51.8. The molecule has 3 amide bonds. The molecule has 184 valence electrons. The molecule has 1 rings (SSSR count). The number of esters is 1. The Morgan fingerprint density at radius 1 is 1.12 bits per heavy atom. The summed E-state index contributed by atoms with van der Waals surface area (Å²) in [5.74, 6) is -1.91. The van der Waals surface area contributed by atoms with E-state index in [9.17, 15) is 24.3 Å². The molecule has 10 heteroatoms. The van der Waals surface area contributed by atoms with Gasteiger partial charge in [-0.3, -0.25) is 14.4 Å². The van der Waals surface area contributed by atoms with Gasteiger partial charge in [0.2, 0.25) is 11.8 Å². The number of aliphatic hydroxyl groups excluding tert-OH is 1. The number of carbonyl (C=O) groups is 4. The van der Waals surface area contributed by atoms with E-state index >= 15 is 0 Å². The molecule has 0 radical (unpaired) electrons. The van der Waals surface area contributed by atoms with Gasteiger partial charge in [0.25, 0.3) is 0 Å². The zero-order valence-corrected chi connectivity index (χ0v) is 20.1. The van der Waals surface area contributed by atoms with Crippen molar-refractivity contribution in [3.05, 3.63) is 35.9 Å². The van der Waals surface area contributed by atoms with Crippen molar-refractivity contribution in [3.8, 4) is 0 Å². The summed E-state index contributed by atoms with van der Waals surface area (Å²) in [5.41, 5.74) is -0.299. The van der Waals surface area contributed by atoms with Gasteiger partial charge in [0.1, 0.15) is 24.2 Å². The van der Waals surface area contributed by atoms with Crippen molar-refractivity contribution in [3.63, 3.8) is 0 Å². The maximum absolute atomic E-state index is 13.5. The number of hydrogen-bond donors (Lipinski definition) is 3. The third-order valence-corrected chi connectivity index (χ3v) is 4.77. The Hall–Kier alpha value is -3.14. The normalized spacial score (nSPS) is 13.8. The van der Waals surface area contributed by atoms with E-state index in [1.807, 2.05) is 6.92 Å². The van der Waals surface area contributed by atoms with Crippen LogP contribution in [0.15, 0.2) is 30.3 Å². The van der Waals surface area contributed by atoms with E-state index in [0.717, 1.165) is 0 Å². The number of benzene rings is 1. The number of hydrogen-bond acceptors (Lipinski definition) is 7. The molecule has 0 aromatic heterocycles. The molecule has 3 unspecified atom stereocenters. The second-order valence-corrected chi connectivity index (χ2v) is 8.49. The molecule has 1 aromatic rings. The molecule has 0 bridgehead atoms. The van der Waals surface area contributed by atoms with Crippen LogP contribution >= 0.6 is 0 Å². The molecule has 1 aromatic carbocycles. The lowest BCUT2D eigenvalue weighted by atomic mass is 10.00. The van der Waals surface area contributed by atoms with Crippen molar-refractivity contribution < 1.29 is 33.8 Å². The van der Waals surface area contributed by atoms with Crippen LogP contribution in [-0.4, -0.2) is 71.8 Å². The predicted octanol–water partition coefficient (Wildman–Crippen LogP) is 1.53. The molecule has 3 N–H and O–H groups in total.